The molecule has 0 unspecified atom stereocenters. The summed E-state index contributed by atoms with van der Waals surface area (Å²) in [4.78, 5) is 36.2. The van der Waals surface area contributed by atoms with E-state index in [4.69, 9.17) is 9.47 Å². The number of anilines is 2. The second kappa shape index (κ2) is 12.1. The van der Waals surface area contributed by atoms with Crippen molar-refractivity contribution in [1.29, 1.82) is 0 Å². The van der Waals surface area contributed by atoms with Crippen LogP contribution in [0.5, 0.6) is 5.75 Å². The number of esters is 1. The maximum absolute atomic E-state index is 12.2. The number of benzene rings is 3. The van der Waals surface area contributed by atoms with Crippen molar-refractivity contribution < 1.29 is 23.9 Å². The van der Waals surface area contributed by atoms with Crippen molar-refractivity contribution in [3.63, 3.8) is 0 Å². The largest absolute Gasteiger partial charge is 0.484 e. The van der Waals surface area contributed by atoms with Crippen molar-refractivity contribution in [2.45, 2.75) is 11.3 Å². The van der Waals surface area contributed by atoms with E-state index >= 15 is 0 Å². The van der Waals surface area contributed by atoms with Gasteiger partial charge in [0.2, 0.25) is 11.0 Å². The number of carbonyl (C=O) groups is 3. The molecule has 0 atom stereocenters. The first-order valence-corrected chi connectivity index (χ1v) is 12.7. The van der Waals surface area contributed by atoms with Gasteiger partial charge in [-0.15, -0.1) is 10.2 Å². The topological polar surface area (TPSA) is 120 Å². The Morgan fingerprint density at radius 1 is 0.917 bits per heavy atom. The van der Waals surface area contributed by atoms with Gasteiger partial charge in [0.15, 0.2) is 10.9 Å². The van der Waals surface area contributed by atoms with Crippen LogP contribution in [0.1, 0.15) is 17.3 Å². The lowest BCUT2D eigenvalue weighted by atomic mass is 10.1. The molecule has 4 aromatic rings. The zero-order valence-electron chi connectivity index (χ0n) is 19.2. The standard InChI is InChI=1S/C25H22N4O5S2/c1-2-33-23(32)17-7-10-19(11-8-17)26-22(31)15-35-25-29-28-24(36-25)27-21(30)14-34-20-12-9-16-5-3-4-6-18(16)13-20/h3-13H,2,14-15H2,1H3,(H,26,31)(H,27,28,30). The first kappa shape index (κ1) is 25.1. The molecule has 0 saturated carbocycles. The van der Waals surface area contributed by atoms with Crippen LogP contribution in [-0.2, 0) is 14.3 Å². The Kier molecular flexibility index (Phi) is 8.48. The number of hydrogen-bond donors (Lipinski definition) is 2. The number of thioether (sulfide) groups is 1. The summed E-state index contributed by atoms with van der Waals surface area (Å²) in [5.41, 5.74) is 0.973. The van der Waals surface area contributed by atoms with Crippen LogP contribution < -0.4 is 15.4 Å². The number of nitrogens with zero attached hydrogens (tertiary/aromatic N) is 2. The number of nitrogens with one attached hydrogen (secondary N) is 2. The molecular formula is C25H22N4O5S2. The summed E-state index contributed by atoms with van der Waals surface area (Å²) in [6.07, 6.45) is 0. The first-order valence-electron chi connectivity index (χ1n) is 10.9. The van der Waals surface area contributed by atoms with Crippen LogP contribution in [0.2, 0.25) is 0 Å². The third-order valence-corrected chi connectivity index (χ3v) is 6.72. The lowest BCUT2D eigenvalue weighted by molar-refractivity contribution is -0.118. The average Bonchev–Trinajstić information content (AvgIpc) is 3.34. The molecule has 0 spiro atoms. The van der Waals surface area contributed by atoms with Gasteiger partial charge in [-0.1, -0.05) is 53.4 Å². The highest BCUT2D eigenvalue weighted by molar-refractivity contribution is 8.01. The van der Waals surface area contributed by atoms with Gasteiger partial charge in [0.25, 0.3) is 5.91 Å². The van der Waals surface area contributed by atoms with E-state index in [0.29, 0.717) is 33.1 Å². The highest BCUT2D eigenvalue weighted by atomic mass is 32.2. The minimum Gasteiger partial charge on any atom is -0.484 e. The highest BCUT2D eigenvalue weighted by Gasteiger charge is 2.12. The minimum atomic E-state index is -0.412. The molecule has 4 rings (SSSR count). The van der Waals surface area contributed by atoms with Gasteiger partial charge in [-0.25, -0.2) is 4.79 Å². The molecule has 0 aliphatic heterocycles. The predicted octanol–water partition coefficient (Wildman–Crippen LogP) is 4.62. The summed E-state index contributed by atoms with van der Waals surface area (Å²) < 4.78 is 11.1. The van der Waals surface area contributed by atoms with Crippen LogP contribution in [0.3, 0.4) is 0 Å². The molecule has 2 amide bonds. The maximum Gasteiger partial charge on any atom is 0.338 e. The van der Waals surface area contributed by atoms with Crippen LogP contribution in [0.25, 0.3) is 10.8 Å². The lowest BCUT2D eigenvalue weighted by Gasteiger charge is -2.06. The van der Waals surface area contributed by atoms with Gasteiger partial charge < -0.3 is 14.8 Å². The number of carbonyl (C=O) groups excluding carboxylic acids is 3. The molecule has 0 bridgehead atoms. The predicted molar refractivity (Wildman–Crippen MR) is 140 cm³/mol. The molecule has 2 N–H and O–H groups in total. The van der Waals surface area contributed by atoms with Gasteiger partial charge in [-0.3, -0.25) is 14.9 Å². The molecular weight excluding hydrogens is 500 g/mol. The molecule has 3 aromatic carbocycles. The summed E-state index contributed by atoms with van der Waals surface area (Å²) in [6, 6.07) is 20.0. The van der Waals surface area contributed by atoms with E-state index in [1.54, 1.807) is 31.2 Å². The zero-order chi connectivity index (χ0) is 25.3. The Morgan fingerprint density at radius 3 is 2.47 bits per heavy atom. The number of amides is 2. The van der Waals surface area contributed by atoms with E-state index in [2.05, 4.69) is 20.8 Å². The van der Waals surface area contributed by atoms with E-state index < -0.39 is 5.97 Å². The van der Waals surface area contributed by atoms with Crippen LogP contribution in [0, 0.1) is 0 Å². The molecule has 1 aromatic heterocycles. The lowest BCUT2D eigenvalue weighted by Crippen LogP contribution is -2.20. The fraction of sp³-hybridized carbons (Fsp3) is 0.160. The number of hydrogen-bond acceptors (Lipinski definition) is 9. The van der Waals surface area contributed by atoms with Gasteiger partial charge in [-0.05, 0) is 54.1 Å². The normalized spacial score (nSPS) is 10.6. The first-order chi connectivity index (χ1) is 17.5. The average molecular weight is 523 g/mol. The molecule has 9 nitrogen and oxygen atoms in total. The Hall–Kier alpha value is -3.96. The molecule has 0 fully saturated rings. The Bertz CT molecular complexity index is 1370. The number of fused-ring (bicyclic) bond motifs is 1. The van der Waals surface area contributed by atoms with Crippen molar-refractivity contribution in [3.05, 3.63) is 72.3 Å². The molecule has 11 heteroatoms. The summed E-state index contributed by atoms with van der Waals surface area (Å²) in [5.74, 6) is -0.314. The molecule has 0 aliphatic carbocycles. The molecule has 0 saturated heterocycles. The molecule has 0 radical (unpaired) electrons. The quantitative estimate of drug-likeness (QED) is 0.176. The molecule has 0 aliphatic rings. The monoisotopic (exact) mass is 522 g/mol. The van der Waals surface area contributed by atoms with Crippen LogP contribution in [-0.4, -0.2) is 46.9 Å². The van der Waals surface area contributed by atoms with E-state index in [9.17, 15) is 14.4 Å². The zero-order valence-corrected chi connectivity index (χ0v) is 20.9. The SMILES string of the molecule is CCOC(=O)c1ccc(NC(=O)CSc2nnc(NC(=O)COc3ccc4ccccc4c3)s2)cc1. The van der Waals surface area contributed by atoms with Crippen LogP contribution in [0.4, 0.5) is 10.8 Å². The van der Waals surface area contributed by atoms with E-state index in [1.165, 1.54) is 11.8 Å². The summed E-state index contributed by atoms with van der Waals surface area (Å²) in [6.45, 7) is 1.86. The molecule has 36 heavy (non-hydrogen) atoms. The third-order valence-electron chi connectivity index (χ3n) is 4.75. The fourth-order valence-electron chi connectivity index (χ4n) is 3.11. The highest BCUT2D eigenvalue weighted by Crippen LogP contribution is 2.26. The Morgan fingerprint density at radius 2 is 1.69 bits per heavy atom. The second-order valence-electron chi connectivity index (χ2n) is 7.35. The summed E-state index contributed by atoms with van der Waals surface area (Å²) in [7, 11) is 0. The summed E-state index contributed by atoms with van der Waals surface area (Å²) in [5, 5.41) is 15.8. The van der Waals surface area contributed by atoms with E-state index in [0.717, 1.165) is 22.1 Å². The number of rotatable bonds is 10. The number of ether oxygens (including phenoxy) is 2. The van der Waals surface area contributed by atoms with E-state index in [1.807, 2.05) is 42.5 Å². The van der Waals surface area contributed by atoms with Gasteiger partial charge in [0.1, 0.15) is 5.75 Å². The van der Waals surface area contributed by atoms with Gasteiger partial charge >= 0.3 is 5.97 Å². The second-order valence-corrected chi connectivity index (χ2v) is 9.55. The third kappa shape index (κ3) is 7.03. The fourth-order valence-corrected chi connectivity index (χ4v) is 4.68. The van der Waals surface area contributed by atoms with Gasteiger partial charge in [0.05, 0.1) is 17.9 Å². The van der Waals surface area contributed by atoms with Crippen molar-refractivity contribution in [2.75, 3.05) is 29.6 Å². The Balaban J connectivity index is 1.20. The minimum absolute atomic E-state index is 0.104. The maximum atomic E-state index is 12.2. The number of aromatic nitrogens is 2. The van der Waals surface area contributed by atoms with Crippen LogP contribution in [0.15, 0.2) is 71.1 Å². The van der Waals surface area contributed by atoms with Gasteiger partial charge in [0, 0.05) is 5.69 Å². The van der Waals surface area contributed by atoms with Crippen molar-refractivity contribution >= 4 is 62.5 Å². The summed E-state index contributed by atoms with van der Waals surface area (Å²) >= 11 is 2.36. The van der Waals surface area contributed by atoms with Gasteiger partial charge in [-0.2, -0.15) is 0 Å². The van der Waals surface area contributed by atoms with Crippen molar-refractivity contribution in [1.82, 2.24) is 10.2 Å². The van der Waals surface area contributed by atoms with E-state index in [-0.39, 0.29) is 24.2 Å². The van der Waals surface area contributed by atoms with Crippen LogP contribution >= 0.6 is 23.1 Å². The molecule has 184 valence electrons. The smallest absolute Gasteiger partial charge is 0.338 e. The Labute approximate surface area is 215 Å². The molecule has 1 heterocycles. The van der Waals surface area contributed by atoms with Crippen molar-refractivity contribution in [2.24, 2.45) is 0 Å². The van der Waals surface area contributed by atoms with Crippen molar-refractivity contribution in [3.8, 4) is 5.75 Å².